The van der Waals surface area contributed by atoms with Crippen LogP contribution in [0.15, 0.2) is 36.4 Å². The topological polar surface area (TPSA) is 47.6 Å². The van der Waals surface area contributed by atoms with Crippen molar-refractivity contribution in [2.75, 3.05) is 20.8 Å². The number of amides is 1. The second kappa shape index (κ2) is 8.27. The number of methoxy groups -OCH3 is 2. The third-order valence-electron chi connectivity index (χ3n) is 4.01. The summed E-state index contributed by atoms with van der Waals surface area (Å²) in [6.07, 6.45) is 0. The summed E-state index contributed by atoms with van der Waals surface area (Å²) in [5.74, 6) is 0.977. The molecule has 1 amide bonds. The van der Waals surface area contributed by atoms with Gasteiger partial charge in [-0.15, -0.1) is 0 Å². The van der Waals surface area contributed by atoms with Gasteiger partial charge in [0.2, 0.25) is 0 Å². The van der Waals surface area contributed by atoms with Crippen molar-refractivity contribution in [1.82, 2.24) is 5.32 Å². The molecule has 0 aliphatic rings. The largest absolute Gasteiger partial charge is 0.493 e. The molecule has 1 N–H and O–H groups in total. The van der Waals surface area contributed by atoms with Crippen LogP contribution in [-0.2, 0) is 5.41 Å². The molecule has 0 saturated carbocycles. The first-order chi connectivity index (χ1) is 11.8. The molecule has 6 heteroatoms. The Kier molecular flexibility index (Phi) is 6.57. The molecule has 2 rings (SSSR count). The Balaban J connectivity index is 2.17. The second-order valence-electron chi connectivity index (χ2n) is 6.26. The first kappa shape index (κ1) is 19.8. The van der Waals surface area contributed by atoms with Crippen molar-refractivity contribution in [3.63, 3.8) is 0 Å². The van der Waals surface area contributed by atoms with E-state index >= 15 is 0 Å². The summed E-state index contributed by atoms with van der Waals surface area (Å²) in [7, 11) is 3.12. The molecule has 0 aromatic heterocycles. The molecule has 4 nitrogen and oxygen atoms in total. The van der Waals surface area contributed by atoms with E-state index in [2.05, 4.69) is 41.8 Å². The zero-order valence-corrected chi connectivity index (χ0v) is 17.6. The Hall–Kier alpha value is -1.47. The Morgan fingerprint density at radius 1 is 1.16 bits per heavy atom. The van der Waals surface area contributed by atoms with Crippen LogP contribution in [0.5, 0.6) is 11.5 Å². The van der Waals surface area contributed by atoms with Crippen molar-refractivity contribution in [3.8, 4) is 11.5 Å². The number of hydrogen-bond acceptors (Lipinski definition) is 3. The zero-order valence-electron chi connectivity index (χ0n) is 14.7. The van der Waals surface area contributed by atoms with Crippen molar-refractivity contribution in [2.24, 2.45) is 0 Å². The molecule has 25 heavy (non-hydrogen) atoms. The molecule has 0 saturated heterocycles. The monoisotopic (exact) mass is 473 g/mol. The Bertz CT molecular complexity index is 777. The molecule has 0 unspecified atom stereocenters. The van der Waals surface area contributed by atoms with Gasteiger partial charge >= 0.3 is 0 Å². The number of halogens is 2. The third-order valence-corrected chi connectivity index (χ3v) is 5.14. The van der Waals surface area contributed by atoms with E-state index in [0.717, 1.165) is 9.13 Å². The van der Waals surface area contributed by atoms with Crippen LogP contribution < -0.4 is 14.8 Å². The quantitative estimate of drug-likeness (QED) is 0.620. The fourth-order valence-electron chi connectivity index (χ4n) is 2.44. The molecule has 0 spiro atoms. The second-order valence-corrected chi connectivity index (χ2v) is 7.86. The zero-order chi connectivity index (χ0) is 18.6. The van der Waals surface area contributed by atoms with Crippen LogP contribution in [0.25, 0.3) is 0 Å². The van der Waals surface area contributed by atoms with Gasteiger partial charge in [-0.1, -0.05) is 37.6 Å². The lowest BCUT2D eigenvalue weighted by molar-refractivity contribution is 0.0944. The molecule has 2 aromatic rings. The molecular weight excluding hydrogens is 453 g/mol. The van der Waals surface area contributed by atoms with Gasteiger partial charge in [0.05, 0.1) is 19.8 Å². The highest BCUT2D eigenvalue weighted by Crippen LogP contribution is 2.31. The summed E-state index contributed by atoms with van der Waals surface area (Å²) in [5, 5.41) is 3.69. The van der Waals surface area contributed by atoms with Gasteiger partial charge in [-0.2, -0.15) is 0 Å². The van der Waals surface area contributed by atoms with Gasteiger partial charge in [0.1, 0.15) is 0 Å². The average Bonchev–Trinajstić information content (AvgIpc) is 2.59. The van der Waals surface area contributed by atoms with E-state index in [0.29, 0.717) is 28.6 Å². The number of benzene rings is 2. The number of hydrogen-bond donors (Lipinski definition) is 1. The van der Waals surface area contributed by atoms with Crippen LogP contribution in [0.2, 0.25) is 5.02 Å². The minimum atomic E-state index is -0.247. The van der Waals surface area contributed by atoms with Crippen molar-refractivity contribution in [2.45, 2.75) is 19.3 Å². The van der Waals surface area contributed by atoms with Gasteiger partial charge in [-0.05, 0) is 52.4 Å². The Morgan fingerprint density at radius 2 is 1.80 bits per heavy atom. The number of rotatable bonds is 6. The van der Waals surface area contributed by atoms with E-state index in [1.807, 2.05) is 24.3 Å². The number of carbonyl (C=O) groups excluding carboxylic acids is 1. The molecule has 0 atom stereocenters. The van der Waals surface area contributed by atoms with Crippen LogP contribution in [0.4, 0.5) is 0 Å². The smallest absolute Gasteiger partial charge is 0.252 e. The van der Waals surface area contributed by atoms with Crippen molar-refractivity contribution >= 4 is 40.1 Å². The van der Waals surface area contributed by atoms with Gasteiger partial charge in [0, 0.05) is 20.6 Å². The highest BCUT2D eigenvalue weighted by molar-refractivity contribution is 14.1. The SMILES string of the molecule is COc1cc(I)c(C(=O)NCC(C)(C)c2cccc(Cl)c2)cc1OC. The summed E-state index contributed by atoms with van der Waals surface area (Å²) in [5.41, 5.74) is 1.38. The van der Waals surface area contributed by atoms with Crippen LogP contribution in [0.1, 0.15) is 29.8 Å². The predicted molar refractivity (Wildman–Crippen MR) is 109 cm³/mol. The molecule has 0 bridgehead atoms. The molecule has 0 aliphatic heterocycles. The lowest BCUT2D eigenvalue weighted by Crippen LogP contribution is -2.37. The molecule has 134 valence electrons. The van der Waals surface area contributed by atoms with E-state index in [-0.39, 0.29) is 11.3 Å². The fourth-order valence-corrected chi connectivity index (χ4v) is 3.31. The third kappa shape index (κ3) is 4.79. The van der Waals surface area contributed by atoms with Gasteiger partial charge < -0.3 is 14.8 Å². The highest BCUT2D eigenvalue weighted by Gasteiger charge is 2.23. The van der Waals surface area contributed by atoms with Crippen LogP contribution in [0.3, 0.4) is 0 Å². The molecule has 0 radical (unpaired) electrons. The summed E-state index contributed by atoms with van der Waals surface area (Å²) in [6.45, 7) is 4.62. The Labute approximate surface area is 167 Å². The summed E-state index contributed by atoms with van der Waals surface area (Å²) < 4.78 is 11.3. The predicted octanol–water partition coefficient (Wildman–Crippen LogP) is 4.67. The average molecular weight is 474 g/mol. The molecule has 2 aromatic carbocycles. The summed E-state index contributed by atoms with van der Waals surface area (Å²) in [4.78, 5) is 12.6. The van der Waals surface area contributed by atoms with Crippen LogP contribution >= 0.6 is 34.2 Å². The lowest BCUT2D eigenvalue weighted by atomic mass is 9.84. The summed E-state index contributed by atoms with van der Waals surface area (Å²) >= 11 is 8.20. The molecule has 0 aliphatic carbocycles. The van der Waals surface area contributed by atoms with Crippen LogP contribution in [-0.4, -0.2) is 26.7 Å². The first-order valence-corrected chi connectivity index (χ1v) is 9.20. The maximum absolute atomic E-state index is 12.6. The standard InChI is InChI=1S/C19H21ClINO3/c1-19(2,12-6-5-7-13(20)8-12)11-22-18(23)14-9-16(24-3)17(25-4)10-15(14)21/h5-10H,11H2,1-4H3,(H,22,23). The van der Waals surface area contributed by atoms with Gasteiger partial charge in [0.15, 0.2) is 11.5 Å². The fraction of sp³-hybridized carbons (Fsp3) is 0.316. The normalized spacial score (nSPS) is 11.1. The van der Waals surface area contributed by atoms with Gasteiger partial charge in [-0.3, -0.25) is 4.79 Å². The number of carbonyl (C=O) groups is 1. The van der Waals surface area contributed by atoms with Crippen LogP contribution in [0, 0.1) is 3.57 Å². The number of ether oxygens (including phenoxy) is 2. The van der Waals surface area contributed by atoms with Gasteiger partial charge in [0.25, 0.3) is 5.91 Å². The maximum atomic E-state index is 12.6. The summed E-state index contributed by atoms with van der Waals surface area (Å²) in [6, 6.07) is 11.2. The maximum Gasteiger partial charge on any atom is 0.252 e. The highest BCUT2D eigenvalue weighted by atomic mass is 127. The van der Waals surface area contributed by atoms with Crippen molar-refractivity contribution in [3.05, 3.63) is 56.1 Å². The lowest BCUT2D eigenvalue weighted by Gasteiger charge is -2.26. The number of nitrogens with one attached hydrogen (secondary N) is 1. The molecular formula is C19H21ClINO3. The van der Waals surface area contributed by atoms with E-state index in [1.54, 1.807) is 26.4 Å². The minimum absolute atomic E-state index is 0.152. The minimum Gasteiger partial charge on any atom is -0.493 e. The van der Waals surface area contributed by atoms with Gasteiger partial charge in [-0.25, -0.2) is 0 Å². The molecule has 0 heterocycles. The van der Waals surface area contributed by atoms with E-state index in [4.69, 9.17) is 21.1 Å². The van der Waals surface area contributed by atoms with E-state index in [1.165, 1.54) is 0 Å². The molecule has 0 fully saturated rings. The van der Waals surface area contributed by atoms with E-state index < -0.39 is 0 Å². The first-order valence-electron chi connectivity index (χ1n) is 7.74. The van der Waals surface area contributed by atoms with Crippen molar-refractivity contribution < 1.29 is 14.3 Å². The van der Waals surface area contributed by atoms with E-state index in [9.17, 15) is 4.79 Å². The van der Waals surface area contributed by atoms with Crippen molar-refractivity contribution in [1.29, 1.82) is 0 Å². The Morgan fingerprint density at radius 3 is 2.40 bits per heavy atom.